The van der Waals surface area contributed by atoms with Gasteiger partial charge in [0.1, 0.15) is 5.75 Å². The Hall–Kier alpha value is -4.27. The molecule has 0 unspecified atom stereocenters. The zero-order valence-electron chi connectivity index (χ0n) is 18.6. The van der Waals surface area contributed by atoms with Gasteiger partial charge in [0.2, 0.25) is 0 Å². The quantitative estimate of drug-likeness (QED) is 0.430. The van der Waals surface area contributed by atoms with E-state index in [1.165, 1.54) is 0 Å². The second-order valence-electron chi connectivity index (χ2n) is 7.98. The SMILES string of the molecule is CCn1ncc(CN(C)C(=O)c2cc(-c3cc4nc[nH]c4cn3)nc3ccc(O)cc23)c1C. The number of aromatic hydroxyl groups is 1. The summed E-state index contributed by atoms with van der Waals surface area (Å²) < 4.78 is 1.91. The van der Waals surface area contributed by atoms with Gasteiger partial charge in [0.15, 0.2) is 0 Å². The number of fused-ring (bicyclic) bond motifs is 2. The van der Waals surface area contributed by atoms with Crippen LogP contribution in [0.1, 0.15) is 28.5 Å². The summed E-state index contributed by atoms with van der Waals surface area (Å²) in [5, 5.41) is 15.0. The van der Waals surface area contributed by atoms with Gasteiger partial charge in [0, 0.05) is 36.8 Å². The van der Waals surface area contributed by atoms with Crippen LogP contribution in [0.4, 0.5) is 0 Å². The molecular formula is C24H23N7O2. The van der Waals surface area contributed by atoms with E-state index < -0.39 is 0 Å². The molecule has 5 rings (SSSR count). The van der Waals surface area contributed by atoms with E-state index in [2.05, 4.69) is 20.1 Å². The highest BCUT2D eigenvalue weighted by molar-refractivity contribution is 6.07. The van der Waals surface area contributed by atoms with Crippen LogP contribution in [0, 0.1) is 6.92 Å². The van der Waals surface area contributed by atoms with Crippen LogP contribution in [0.25, 0.3) is 33.3 Å². The monoisotopic (exact) mass is 441 g/mol. The van der Waals surface area contributed by atoms with Crippen LogP contribution < -0.4 is 0 Å². The second kappa shape index (κ2) is 8.01. The maximum Gasteiger partial charge on any atom is 0.254 e. The molecule has 0 atom stereocenters. The highest BCUT2D eigenvalue weighted by Gasteiger charge is 2.20. The van der Waals surface area contributed by atoms with Gasteiger partial charge in [-0.05, 0) is 44.2 Å². The number of rotatable bonds is 5. The molecule has 1 aromatic carbocycles. The zero-order valence-corrected chi connectivity index (χ0v) is 18.6. The standard InChI is InChI=1S/C24H23N7O2/c1-4-31-14(2)15(10-28-31)12-30(3)24(33)18-8-22(29-19-6-5-16(32)7-17(18)19)20-9-21-23(11-25-20)27-13-26-21/h5-11,13,32H,4,12H2,1-3H3,(H,26,27). The van der Waals surface area contributed by atoms with E-state index in [0.29, 0.717) is 34.4 Å². The molecule has 5 aromatic rings. The minimum absolute atomic E-state index is 0.0740. The molecule has 0 radical (unpaired) electrons. The summed E-state index contributed by atoms with van der Waals surface area (Å²) in [7, 11) is 1.76. The Morgan fingerprint density at radius 3 is 2.76 bits per heavy atom. The number of pyridine rings is 2. The molecule has 0 saturated heterocycles. The number of nitrogens with zero attached hydrogens (tertiary/aromatic N) is 6. The first-order valence-corrected chi connectivity index (χ1v) is 10.6. The molecule has 9 nitrogen and oxygen atoms in total. The number of hydrogen-bond donors (Lipinski definition) is 2. The fraction of sp³-hybridized carbons (Fsp3) is 0.208. The van der Waals surface area contributed by atoms with Crippen LogP contribution in [0.2, 0.25) is 0 Å². The first-order chi connectivity index (χ1) is 15.9. The van der Waals surface area contributed by atoms with Gasteiger partial charge in [0.25, 0.3) is 5.91 Å². The smallest absolute Gasteiger partial charge is 0.254 e. The summed E-state index contributed by atoms with van der Waals surface area (Å²) in [5.41, 5.74) is 5.82. The van der Waals surface area contributed by atoms with Gasteiger partial charge < -0.3 is 15.0 Å². The third kappa shape index (κ3) is 3.67. The Bertz CT molecular complexity index is 1500. The third-order valence-corrected chi connectivity index (χ3v) is 5.85. The van der Waals surface area contributed by atoms with E-state index in [1.54, 1.807) is 54.9 Å². The number of phenolic OH excluding ortho intramolecular Hbond substituents is 1. The summed E-state index contributed by atoms with van der Waals surface area (Å²) in [4.78, 5) is 31.7. The highest BCUT2D eigenvalue weighted by Crippen LogP contribution is 2.28. The van der Waals surface area contributed by atoms with Crippen molar-refractivity contribution in [3.63, 3.8) is 0 Å². The van der Waals surface area contributed by atoms with Crippen LogP contribution in [-0.4, -0.2) is 52.7 Å². The molecule has 0 bridgehead atoms. The molecule has 0 saturated carbocycles. The maximum absolute atomic E-state index is 13.6. The summed E-state index contributed by atoms with van der Waals surface area (Å²) in [5.74, 6) is -0.108. The van der Waals surface area contributed by atoms with Crippen molar-refractivity contribution in [3.8, 4) is 17.1 Å². The molecule has 4 heterocycles. The number of nitrogens with one attached hydrogen (secondary N) is 1. The average Bonchev–Trinajstić information content (AvgIpc) is 3.43. The Balaban J connectivity index is 1.58. The number of phenols is 1. The van der Waals surface area contributed by atoms with E-state index in [-0.39, 0.29) is 11.7 Å². The Labute approximate surface area is 189 Å². The maximum atomic E-state index is 13.6. The van der Waals surface area contributed by atoms with Crippen molar-refractivity contribution in [2.75, 3.05) is 7.05 Å². The number of hydrogen-bond acceptors (Lipinski definition) is 6. The number of imidazole rings is 1. The summed E-state index contributed by atoms with van der Waals surface area (Å²) >= 11 is 0. The number of carbonyl (C=O) groups excluding carboxylic acids is 1. The van der Waals surface area contributed by atoms with E-state index in [0.717, 1.165) is 28.8 Å². The molecule has 33 heavy (non-hydrogen) atoms. The van der Waals surface area contributed by atoms with Crippen molar-refractivity contribution >= 4 is 27.8 Å². The van der Waals surface area contributed by atoms with Crippen molar-refractivity contribution in [2.24, 2.45) is 0 Å². The average molecular weight is 441 g/mol. The highest BCUT2D eigenvalue weighted by atomic mass is 16.3. The fourth-order valence-corrected chi connectivity index (χ4v) is 3.99. The number of aromatic amines is 1. The Kier molecular flexibility index (Phi) is 5.01. The van der Waals surface area contributed by atoms with Crippen LogP contribution >= 0.6 is 0 Å². The number of carbonyl (C=O) groups is 1. The third-order valence-electron chi connectivity index (χ3n) is 5.85. The number of H-pyrrole nitrogens is 1. The molecule has 0 spiro atoms. The predicted octanol–water partition coefficient (Wildman–Crippen LogP) is 3.68. The van der Waals surface area contributed by atoms with Gasteiger partial charge in [-0.3, -0.25) is 14.5 Å². The fourth-order valence-electron chi connectivity index (χ4n) is 3.99. The minimum Gasteiger partial charge on any atom is -0.508 e. The summed E-state index contributed by atoms with van der Waals surface area (Å²) in [6, 6.07) is 8.39. The molecule has 1 amide bonds. The van der Waals surface area contributed by atoms with Gasteiger partial charge in [-0.1, -0.05) is 0 Å². The number of aromatic nitrogens is 6. The largest absolute Gasteiger partial charge is 0.508 e. The Morgan fingerprint density at radius 1 is 1.12 bits per heavy atom. The van der Waals surface area contributed by atoms with Crippen molar-refractivity contribution in [2.45, 2.75) is 26.9 Å². The minimum atomic E-state index is -0.182. The lowest BCUT2D eigenvalue weighted by atomic mass is 10.0. The van der Waals surface area contributed by atoms with Crippen LogP contribution in [-0.2, 0) is 13.1 Å². The van der Waals surface area contributed by atoms with E-state index in [4.69, 9.17) is 4.98 Å². The first-order valence-electron chi connectivity index (χ1n) is 10.6. The normalized spacial score (nSPS) is 11.4. The van der Waals surface area contributed by atoms with Gasteiger partial charge in [-0.2, -0.15) is 5.10 Å². The summed E-state index contributed by atoms with van der Waals surface area (Å²) in [6.45, 7) is 5.22. The van der Waals surface area contributed by atoms with E-state index in [1.807, 2.05) is 24.6 Å². The molecule has 4 aromatic heterocycles. The van der Waals surface area contributed by atoms with Crippen molar-refractivity contribution in [1.82, 2.24) is 34.6 Å². The number of amides is 1. The molecule has 0 fully saturated rings. The second-order valence-corrected chi connectivity index (χ2v) is 7.98. The van der Waals surface area contributed by atoms with Crippen molar-refractivity contribution in [3.05, 3.63) is 65.9 Å². The molecule has 0 aliphatic rings. The molecule has 166 valence electrons. The van der Waals surface area contributed by atoms with Gasteiger partial charge in [-0.25, -0.2) is 9.97 Å². The predicted molar refractivity (Wildman–Crippen MR) is 125 cm³/mol. The summed E-state index contributed by atoms with van der Waals surface area (Å²) in [6.07, 6.45) is 5.11. The lowest BCUT2D eigenvalue weighted by Gasteiger charge is -2.19. The zero-order chi connectivity index (χ0) is 23.1. The van der Waals surface area contributed by atoms with Gasteiger partial charge >= 0.3 is 0 Å². The van der Waals surface area contributed by atoms with Crippen LogP contribution in [0.15, 0.2) is 49.1 Å². The molecule has 9 heteroatoms. The van der Waals surface area contributed by atoms with E-state index in [9.17, 15) is 9.90 Å². The topological polar surface area (TPSA) is 113 Å². The first kappa shape index (κ1) is 20.6. The van der Waals surface area contributed by atoms with E-state index >= 15 is 0 Å². The Morgan fingerprint density at radius 2 is 1.97 bits per heavy atom. The number of benzene rings is 1. The molecule has 0 aliphatic heterocycles. The lowest BCUT2D eigenvalue weighted by Crippen LogP contribution is -2.26. The molecular weight excluding hydrogens is 418 g/mol. The van der Waals surface area contributed by atoms with Crippen molar-refractivity contribution in [1.29, 1.82) is 0 Å². The van der Waals surface area contributed by atoms with Crippen LogP contribution in [0.3, 0.4) is 0 Å². The van der Waals surface area contributed by atoms with Crippen molar-refractivity contribution < 1.29 is 9.90 Å². The van der Waals surface area contributed by atoms with Gasteiger partial charge in [-0.15, -0.1) is 0 Å². The van der Waals surface area contributed by atoms with Crippen LogP contribution in [0.5, 0.6) is 5.75 Å². The molecule has 2 N–H and O–H groups in total. The number of aryl methyl sites for hydroxylation is 1. The molecule has 0 aliphatic carbocycles. The lowest BCUT2D eigenvalue weighted by molar-refractivity contribution is 0.0787. The van der Waals surface area contributed by atoms with Gasteiger partial charge in [0.05, 0.1) is 52.2 Å².